The number of halogens is 3. The van der Waals surface area contributed by atoms with Crippen LogP contribution in [0.15, 0.2) is 36.4 Å². The Hall–Kier alpha value is -2.34. The molecular formula is C14H11ClF2N2O2. The van der Waals surface area contributed by atoms with Gasteiger partial charge in [-0.2, -0.15) is 0 Å². The SMILES string of the molecule is Nc1cc(NC(=O)COc2cc(F)ccc2F)ccc1Cl. The van der Waals surface area contributed by atoms with Crippen LogP contribution in [0.25, 0.3) is 0 Å². The van der Waals surface area contributed by atoms with Gasteiger partial charge in [-0.3, -0.25) is 4.79 Å². The van der Waals surface area contributed by atoms with Crippen LogP contribution in [-0.2, 0) is 4.79 Å². The summed E-state index contributed by atoms with van der Waals surface area (Å²) >= 11 is 5.75. The van der Waals surface area contributed by atoms with Gasteiger partial charge in [0.15, 0.2) is 18.2 Å². The highest BCUT2D eigenvalue weighted by molar-refractivity contribution is 6.33. The summed E-state index contributed by atoms with van der Waals surface area (Å²) in [7, 11) is 0. The molecule has 110 valence electrons. The molecule has 0 bridgehead atoms. The van der Waals surface area contributed by atoms with Crippen LogP contribution < -0.4 is 15.8 Å². The van der Waals surface area contributed by atoms with Crippen molar-refractivity contribution in [3.05, 3.63) is 53.1 Å². The zero-order chi connectivity index (χ0) is 15.4. The minimum atomic E-state index is -0.750. The number of rotatable bonds is 4. The number of ether oxygens (including phenoxy) is 1. The fourth-order valence-corrected chi connectivity index (χ4v) is 1.67. The molecule has 0 spiro atoms. The Morgan fingerprint density at radius 2 is 2.00 bits per heavy atom. The molecule has 2 aromatic rings. The van der Waals surface area contributed by atoms with Gasteiger partial charge in [0.25, 0.3) is 5.91 Å². The molecule has 0 radical (unpaired) electrons. The third kappa shape index (κ3) is 4.06. The molecule has 0 fully saturated rings. The summed E-state index contributed by atoms with van der Waals surface area (Å²) in [5.74, 6) is -2.28. The number of carbonyl (C=O) groups is 1. The number of carbonyl (C=O) groups excluding carboxylic acids is 1. The second-order valence-corrected chi connectivity index (χ2v) is 4.56. The predicted molar refractivity (Wildman–Crippen MR) is 76.3 cm³/mol. The molecular weight excluding hydrogens is 302 g/mol. The van der Waals surface area contributed by atoms with Crippen LogP contribution in [0, 0.1) is 11.6 Å². The van der Waals surface area contributed by atoms with Crippen LogP contribution in [-0.4, -0.2) is 12.5 Å². The van der Waals surface area contributed by atoms with E-state index in [1.54, 1.807) is 6.07 Å². The van der Waals surface area contributed by atoms with E-state index in [1.165, 1.54) is 12.1 Å². The van der Waals surface area contributed by atoms with E-state index in [1.807, 2.05) is 0 Å². The molecule has 4 nitrogen and oxygen atoms in total. The lowest BCUT2D eigenvalue weighted by molar-refractivity contribution is -0.118. The molecule has 0 unspecified atom stereocenters. The molecule has 1 amide bonds. The quantitative estimate of drug-likeness (QED) is 0.852. The molecule has 21 heavy (non-hydrogen) atoms. The van der Waals surface area contributed by atoms with Gasteiger partial charge in [0.05, 0.1) is 10.7 Å². The van der Waals surface area contributed by atoms with Crippen LogP contribution in [0.4, 0.5) is 20.2 Å². The molecule has 0 aliphatic heterocycles. The van der Waals surface area contributed by atoms with E-state index in [0.717, 1.165) is 18.2 Å². The Labute approximate surface area is 124 Å². The minimum absolute atomic E-state index is 0.312. The van der Waals surface area contributed by atoms with Crippen LogP contribution in [0.1, 0.15) is 0 Å². The standard InChI is InChI=1S/C14H11ClF2N2O2/c15-10-3-2-9(6-12(10)18)19-14(20)7-21-13-5-8(16)1-4-11(13)17/h1-6H,7,18H2,(H,19,20). The molecule has 0 aliphatic rings. The second kappa shape index (κ2) is 6.41. The summed E-state index contributed by atoms with van der Waals surface area (Å²) in [6.45, 7) is -0.469. The number of nitrogens with one attached hydrogen (secondary N) is 1. The van der Waals surface area contributed by atoms with E-state index in [-0.39, 0.29) is 5.75 Å². The number of hydrogen-bond acceptors (Lipinski definition) is 3. The molecule has 2 rings (SSSR count). The first-order chi connectivity index (χ1) is 9.95. The van der Waals surface area contributed by atoms with Crippen molar-refractivity contribution in [2.24, 2.45) is 0 Å². The van der Waals surface area contributed by atoms with Crippen molar-refractivity contribution in [2.75, 3.05) is 17.7 Å². The number of amides is 1. The van der Waals surface area contributed by atoms with Gasteiger partial charge in [0, 0.05) is 11.8 Å². The van der Waals surface area contributed by atoms with Crippen molar-refractivity contribution in [3.8, 4) is 5.75 Å². The predicted octanol–water partition coefficient (Wildman–Crippen LogP) is 3.22. The van der Waals surface area contributed by atoms with Gasteiger partial charge in [-0.25, -0.2) is 8.78 Å². The first-order valence-electron chi connectivity index (χ1n) is 5.88. The Balaban J connectivity index is 1.95. The van der Waals surface area contributed by atoms with E-state index in [0.29, 0.717) is 16.4 Å². The molecule has 0 aromatic heterocycles. The summed E-state index contributed by atoms with van der Waals surface area (Å²) in [5, 5.41) is 2.86. The fourth-order valence-electron chi connectivity index (χ4n) is 1.55. The summed E-state index contributed by atoms with van der Waals surface area (Å²) in [4.78, 5) is 11.7. The zero-order valence-electron chi connectivity index (χ0n) is 10.7. The highest BCUT2D eigenvalue weighted by Crippen LogP contribution is 2.22. The summed E-state index contributed by atoms with van der Waals surface area (Å²) in [6.07, 6.45) is 0. The van der Waals surface area contributed by atoms with Crippen molar-refractivity contribution in [1.29, 1.82) is 0 Å². The topological polar surface area (TPSA) is 64.3 Å². The highest BCUT2D eigenvalue weighted by atomic mass is 35.5. The number of anilines is 2. The van der Waals surface area contributed by atoms with Crippen molar-refractivity contribution < 1.29 is 18.3 Å². The maximum Gasteiger partial charge on any atom is 0.262 e. The van der Waals surface area contributed by atoms with E-state index in [9.17, 15) is 13.6 Å². The van der Waals surface area contributed by atoms with E-state index in [2.05, 4.69) is 5.32 Å². The minimum Gasteiger partial charge on any atom is -0.481 e. The normalized spacial score (nSPS) is 10.2. The Morgan fingerprint density at radius 3 is 2.71 bits per heavy atom. The zero-order valence-corrected chi connectivity index (χ0v) is 11.5. The van der Waals surface area contributed by atoms with Crippen molar-refractivity contribution in [1.82, 2.24) is 0 Å². The third-order valence-corrected chi connectivity index (χ3v) is 2.88. The third-order valence-electron chi connectivity index (χ3n) is 2.53. The highest BCUT2D eigenvalue weighted by Gasteiger charge is 2.09. The van der Waals surface area contributed by atoms with Crippen LogP contribution >= 0.6 is 11.6 Å². The Morgan fingerprint density at radius 1 is 1.24 bits per heavy atom. The molecule has 0 saturated carbocycles. The van der Waals surface area contributed by atoms with Crippen LogP contribution in [0.3, 0.4) is 0 Å². The average molecular weight is 313 g/mol. The average Bonchev–Trinajstić information content (AvgIpc) is 2.44. The molecule has 0 aliphatic carbocycles. The number of benzene rings is 2. The van der Waals surface area contributed by atoms with Gasteiger partial charge in [-0.1, -0.05) is 11.6 Å². The van der Waals surface area contributed by atoms with Gasteiger partial charge in [-0.05, 0) is 30.3 Å². The van der Waals surface area contributed by atoms with Crippen LogP contribution in [0.2, 0.25) is 5.02 Å². The summed E-state index contributed by atoms with van der Waals surface area (Å²) in [6, 6.07) is 7.30. The van der Waals surface area contributed by atoms with E-state index < -0.39 is 24.1 Å². The van der Waals surface area contributed by atoms with E-state index >= 15 is 0 Å². The molecule has 0 saturated heterocycles. The molecule has 7 heteroatoms. The maximum atomic E-state index is 13.3. The lowest BCUT2D eigenvalue weighted by Gasteiger charge is -2.09. The molecule has 0 atom stereocenters. The Bertz CT molecular complexity index is 680. The van der Waals surface area contributed by atoms with Crippen LogP contribution in [0.5, 0.6) is 5.75 Å². The van der Waals surface area contributed by atoms with Gasteiger partial charge < -0.3 is 15.8 Å². The smallest absolute Gasteiger partial charge is 0.262 e. The van der Waals surface area contributed by atoms with Gasteiger partial charge in [0.1, 0.15) is 5.82 Å². The van der Waals surface area contributed by atoms with E-state index in [4.69, 9.17) is 22.1 Å². The number of hydrogen-bond donors (Lipinski definition) is 2. The number of nitrogens with two attached hydrogens (primary N) is 1. The summed E-state index contributed by atoms with van der Waals surface area (Å²) < 4.78 is 31.1. The monoisotopic (exact) mass is 312 g/mol. The van der Waals surface area contributed by atoms with Gasteiger partial charge >= 0.3 is 0 Å². The summed E-state index contributed by atoms with van der Waals surface area (Å²) in [5.41, 5.74) is 6.33. The van der Waals surface area contributed by atoms with Crippen molar-refractivity contribution >= 4 is 28.9 Å². The first-order valence-corrected chi connectivity index (χ1v) is 6.26. The number of nitrogen functional groups attached to an aromatic ring is 1. The first kappa shape index (κ1) is 15.1. The Kier molecular flexibility index (Phi) is 4.59. The molecule has 2 aromatic carbocycles. The molecule has 3 N–H and O–H groups in total. The van der Waals surface area contributed by atoms with Gasteiger partial charge in [0.2, 0.25) is 0 Å². The lowest BCUT2D eigenvalue weighted by atomic mass is 10.3. The molecule has 0 heterocycles. The van der Waals surface area contributed by atoms with Gasteiger partial charge in [-0.15, -0.1) is 0 Å². The van der Waals surface area contributed by atoms with Crippen molar-refractivity contribution in [3.63, 3.8) is 0 Å². The second-order valence-electron chi connectivity index (χ2n) is 4.15. The largest absolute Gasteiger partial charge is 0.481 e. The lowest BCUT2D eigenvalue weighted by Crippen LogP contribution is -2.20. The van der Waals surface area contributed by atoms with Crippen molar-refractivity contribution in [2.45, 2.75) is 0 Å². The fraction of sp³-hybridized carbons (Fsp3) is 0.0714. The maximum absolute atomic E-state index is 13.3.